The summed E-state index contributed by atoms with van der Waals surface area (Å²) in [5.41, 5.74) is 1.32. The topological polar surface area (TPSA) is 75.6 Å². The molecule has 1 atom stereocenters. The van der Waals surface area contributed by atoms with Crippen molar-refractivity contribution in [3.05, 3.63) is 60.2 Å². The first-order valence-corrected chi connectivity index (χ1v) is 10.7. The van der Waals surface area contributed by atoms with Gasteiger partial charge in [-0.25, -0.2) is 4.98 Å². The summed E-state index contributed by atoms with van der Waals surface area (Å²) in [6, 6.07) is 10.2. The summed E-state index contributed by atoms with van der Waals surface area (Å²) in [4.78, 5) is 37.7. The fourth-order valence-electron chi connectivity index (χ4n) is 4.31. The Balaban J connectivity index is 1.52. The van der Waals surface area contributed by atoms with E-state index >= 15 is 0 Å². The Bertz CT molecular complexity index is 840. The maximum absolute atomic E-state index is 13.1. The van der Waals surface area contributed by atoms with E-state index in [1.807, 2.05) is 35.2 Å². The number of carbonyl (C=O) groups excluding carboxylic acids is 2. The van der Waals surface area contributed by atoms with Gasteiger partial charge in [-0.1, -0.05) is 49.6 Å². The third-order valence-electron chi connectivity index (χ3n) is 5.88. The summed E-state index contributed by atoms with van der Waals surface area (Å²) in [6.07, 6.45) is 9.77. The van der Waals surface area contributed by atoms with Crippen molar-refractivity contribution in [1.29, 1.82) is 0 Å². The first kappa shape index (κ1) is 20.5. The van der Waals surface area contributed by atoms with Crippen LogP contribution in [-0.2, 0) is 16.1 Å². The zero-order valence-corrected chi connectivity index (χ0v) is 17.2. The van der Waals surface area contributed by atoms with E-state index in [-0.39, 0.29) is 36.2 Å². The lowest BCUT2D eigenvalue weighted by Gasteiger charge is -2.34. The molecule has 2 amide bonds. The SMILES string of the molecule is O=C(c1cnccn1)N1CC(=O)N(C2CCCCC2)C[C@H](OCc2ccccc2)C1. The van der Waals surface area contributed by atoms with Gasteiger partial charge in [0.2, 0.25) is 5.91 Å². The minimum atomic E-state index is -0.282. The van der Waals surface area contributed by atoms with Gasteiger partial charge in [0.15, 0.2) is 0 Å². The average molecular weight is 409 g/mol. The van der Waals surface area contributed by atoms with Gasteiger partial charge in [-0.2, -0.15) is 0 Å². The van der Waals surface area contributed by atoms with E-state index in [1.54, 1.807) is 4.90 Å². The molecule has 2 aromatic rings. The molecule has 1 aliphatic carbocycles. The third-order valence-corrected chi connectivity index (χ3v) is 5.88. The predicted molar refractivity (Wildman–Crippen MR) is 112 cm³/mol. The van der Waals surface area contributed by atoms with Crippen molar-refractivity contribution in [3.63, 3.8) is 0 Å². The highest BCUT2D eigenvalue weighted by atomic mass is 16.5. The van der Waals surface area contributed by atoms with Gasteiger partial charge in [0.1, 0.15) is 12.2 Å². The molecule has 1 saturated heterocycles. The van der Waals surface area contributed by atoms with Gasteiger partial charge in [-0.15, -0.1) is 0 Å². The lowest BCUT2D eigenvalue weighted by atomic mass is 9.94. The number of amides is 2. The second-order valence-electron chi connectivity index (χ2n) is 8.03. The van der Waals surface area contributed by atoms with Crippen LogP contribution in [0.3, 0.4) is 0 Å². The lowest BCUT2D eigenvalue weighted by Crippen LogP contribution is -2.46. The van der Waals surface area contributed by atoms with Crippen LogP contribution in [0.2, 0.25) is 0 Å². The van der Waals surface area contributed by atoms with E-state index in [4.69, 9.17) is 4.74 Å². The van der Waals surface area contributed by atoms with Gasteiger partial charge in [-0.3, -0.25) is 14.6 Å². The van der Waals surface area contributed by atoms with E-state index < -0.39 is 0 Å². The van der Waals surface area contributed by atoms with Crippen LogP contribution < -0.4 is 0 Å². The fourth-order valence-corrected chi connectivity index (χ4v) is 4.31. The van der Waals surface area contributed by atoms with Crippen LogP contribution in [0.15, 0.2) is 48.9 Å². The Kier molecular flexibility index (Phi) is 6.69. The molecule has 2 fully saturated rings. The minimum Gasteiger partial charge on any atom is -0.370 e. The summed E-state index contributed by atoms with van der Waals surface area (Å²) in [6.45, 7) is 1.38. The van der Waals surface area contributed by atoms with E-state index in [9.17, 15) is 9.59 Å². The maximum Gasteiger partial charge on any atom is 0.274 e. The second kappa shape index (κ2) is 9.80. The van der Waals surface area contributed by atoms with Gasteiger partial charge in [0.25, 0.3) is 5.91 Å². The third kappa shape index (κ3) is 5.02. The molecule has 158 valence electrons. The average Bonchev–Trinajstić information content (AvgIpc) is 2.98. The van der Waals surface area contributed by atoms with Crippen molar-refractivity contribution in [2.75, 3.05) is 19.6 Å². The van der Waals surface area contributed by atoms with Gasteiger partial charge in [-0.05, 0) is 18.4 Å². The Hall–Kier alpha value is -2.80. The maximum atomic E-state index is 13.1. The normalized spacial score (nSPS) is 20.8. The van der Waals surface area contributed by atoms with Crippen LogP contribution in [0, 0.1) is 0 Å². The molecular weight excluding hydrogens is 380 g/mol. The molecule has 7 heteroatoms. The number of aromatic nitrogens is 2. The largest absolute Gasteiger partial charge is 0.370 e. The molecule has 1 saturated carbocycles. The molecule has 0 N–H and O–H groups in total. The molecule has 30 heavy (non-hydrogen) atoms. The minimum absolute atomic E-state index is 0.00930. The zero-order chi connectivity index (χ0) is 20.8. The van der Waals surface area contributed by atoms with Crippen molar-refractivity contribution in [1.82, 2.24) is 19.8 Å². The number of benzene rings is 1. The summed E-state index contributed by atoms with van der Waals surface area (Å²) >= 11 is 0. The molecule has 0 radical (unpaired) electrons. The van der Waals surface area contributed by atoms with E-state index in [0.717, 1.165) is 31.2 Å². The number of ether oxygens (including phenoxy) is 1. The first-order chi connectivity index (χ1) is 14.7. The Morgan fingerprint density at radius 1 is 1.07 bits per heavy atom. The van der Waals surface area contributed by atoms with Crippen molar-refractivity contribution in [2.45, 2.75) is 50.9 Å². The fraction of sp³-hybridized carbons (Fsp3) is 0.478. The molecule has 2 aliphatic rings. The quantitative estimate of drug-likeness (QED) is 0.760. The van der Waals surface area contributed by atoms with Crippen molar-refractivity contribution in [2.24, 2.45) is 0 Å². The standard InChI is InChI=1S/C23H28N4O3/c28-22-16-26(23(29)21-13-24-11-12-25-21)14-20(30-17-18-7-3-1-4-8-18)15-27(22)19-9-5-2-6-10-19/h1,3-4,7-8,11-13,19-20H,2,5-6,9-10,14-17H2/t20-/m1/s1. The van der Waals surface area contributed by atoms with E-state index in [0.29, 0.717) is 19.7 Å². The number of carbonyl (C=O) groups is 2. The highest BCUT2D eigenvalue weighted by Gasteiger charge is 2.35. The second-order valence-corrected chi connectivity index (χ2v) is 8.03. The zero-order valence-electron chi connectivity index (χ0n) is 17.2. The monoisotopic (exact) mass is 408 g/mol. The number of hydrogen-bond donors (Lipinski definition) is 0. The van der Waals surface area contributed by atoms with Gasteiger partial charge in [0, 0.05) is 31.5 Å². The molecular formula is C23H28N4O3. The Morgan fingerprint density at radius 3 is 2.60 bits per heavy atom. The van der Waals surface area contributed by atoms with Gasteiger partial charge >= 0.3 is 0 Å². The Morgan fingerprint density at radius 2 is 1.87 bits per heavy atom. The first-order valence-electron chi connectivity index (χ1n) is 10.7. The smallest absolute Gasteiger partial charge is 0.274 e. The molecule has 0 unspecified atom stereocenters. The molecule has 2 heterocycles. The van der Waals surface area contributed by atoms with Crippen LogP contribution in [0.4, 0.5) is 0 Å². The van der Waals surface area contributed by atoms with Crippen LogP contribution in [0.5, 0.6) is 0 Å². The molecule has 0 bridgehead atoms. The highest BCUT2D eigenvalue weighted by Crippen LogP contribution is 2.25. The molecule has 7 nitrogen and oxygen atoms in total. The summed E-state index contributed by atoms with van der Waals surface area (Å²) in [5.74, 6) is -0.291. The van der Waals surface area contributed by atoms with Crippen LogP contribution >= 0.6 is 0 Å². The van der Waals surface area contributed by atoms with Crippen molar-refractivity contribution >= 4 is 11.8 Å². The number of nitrogens with zero attached hydrogens (tertiary/aromatic N) is 4. The lowest BCUT2D eigenvalue weighted by molar-refractivity contribution is -0.134. The molecule has 1 aromatic heterocycles. The van der Waals surface area contributed by atoms with Crippen LogP contribution in [0.25, 0.3) is 0 Å². The van der Waals surface area contributed by atoms with Crippen LogP contribution in [-0.4, -0.2) is 63.4 Å². The molecule has 1 aromatic carbocycles. The van der Waals surface area contributed by atoms with Gasteiger partial charge in [0.05, 0.1) is 18.9 Å². The molecule has 0 spiro atoms. The molecule has 1 aliphatic heterocycles. The van der Waals surface area contributed by atoms with Crippen LogP contribution in [0.1, 0.15) is 48.2 Å². The summed E-state index contributed by atoms with van der Waals surface area (Å²) in [7, 11) is 0. The van der Waals surface area contributed by atoms with Gasteiger partial charge < -0.3 is 14.5 Å². The van der Waals surface area contributed by atoms with Crippen molar-refractivity contribution < 1.29 is 14.3 Å². The Labute approximate surface area is 177 Å². The van der Waals surface area contributed by atoms with Crippen molar-refractivity contribution in [3.8, 4) is 0 Å². The number of rotatable bonds is 5. The van der Waals surface area contributed by atoms with E-state index in [2.05, 4.69) is 9.97 Å². The molecule has 4 rings (SSSR count). The summed E-state index contributed by atoms with van der Waals surface area (Å²) in [5, 5.41) is 0. The predicted octanol–water partition coefficient (Wildman–Crippen LogP) is 2.68. The number of hydrogen-bond acceptors (Lipinski definition) is 5. The van der Waals surface area contributed by atoms with E-state index in [1.165, 1.54) is 25.0 Å². The summed E-state index contributed by atoms with van der Waals surface area (Å²) < 4.78 is 6.21. The highest BCUT2D eigenvalue weighted by molar-refractivity contribution is 5.95.